The zero-order valence-corrected chi connectivity index (χ0v) is 18.3. The number of hydrogen-bond acceptors (Lipinski definition) is 4. The number of carbonyl (C=O) groups excluding carboxylic acids is 1. The van der Waals surface area contributed by atoms with Crippen LogP contribution < -0.4 is 10.6 Å². The molecule has 0 radical (unpaired) electrons. The quantitative estimate of drug-likeness (QED) is 0.727. The fraction of sp³-hybridized carbons (Fsp3) is 0.667. The van der Waals surface area contributed by atoms with Crippen molar-refractivity contribution in [3.05, 3.63) is 35.6 Å². The molecule has 2 heterocycles. The third-order valence-corrected chi connectivity index (χ3v) is 6.39. The fourth-order valence-electron chi connectivity index (χ4n) is 4.87. The Morgan fingerprint density at radius 1 is 1.17 bits per heavy atom. The second-order valence-electron chi connectivity index (χ2n) is 8.07. The van der Waals surface area contributed by atoms with Gasteiger partial charge in [-0.05, 0) is 42.9 Å². The van der Waals surface area contributed by atoms with Crippen LogP contribution in [-0.2, 0) is 9.53 Å². The van der Waals surface area contributed by atoms with E-state index in [2.05, 4.69) is 15.5 Å². The van der Waals surface area contributed by atoms with Crippen molar-refractivity contribution in [1.82, 2.24) is 15.5 Å². The monoisotopic (exact) mass is 447 g/mol. The maximum atomic E-state index is 13.3. The molecule has 5 nitrogen and oxygen atoms in total. The van der Waals surface area contributed by atoms with Gasteiger partial charge in [-0.1, -0.05) is 25.0 Å². The lowest BCUT2D eigenvalue weighted by Crippen LogP contribution is -2.47. The highest BCUT2D eigenvalue weighted by Gasteiger charge is 2.38. The summed E-state index contributed by atoms with van der Waals surface area (Å²) in [6.07, 6.45) is 5.95. The Kier molecular flexibility index (Phi) is 9.63. The highest BCUT2D eigenvalue weighted by atomic mass is 35.5. The smallest absolute Gasteiger partial charge is 0.237 e. The number of carbonyl (C=O) groups is 1. The van der Waals surface area contributed by atoms with Crippen LogP contribution in [0.15, 0.2) is 24.3 Å². The predicted molar refractivity (Wildman–Crippen MR) is 116 cm³/mol. The largest absolute Gasteiger partial charge is 0.379 e. The minimum atomic E-state index is -0.235. The van der Waals surface area contributed by atoms with E-state index in [1.807, 2.05) is 12.1 Å². The highest BCUT2D eigenvalue weighted by Crippen LogP contribution is 2.33. The van der Waals surface area contributed by atoms with Crippen LogP contribution in [0.2, 0.25) is 0 Å². The van der Waals surface area contributed by atoms with Gasteiger partial charge in [-0.2, -0.15) is 0 Å². The summed E-state index contributed by atoms with van der Waals surface area (Å²) in [6.45, 7) is 3.57. The number of benzene rings is 1. The van der Waals surface area contributed by atoms with Crippen molar-refractivity contribution in [2.45, 2.75) is 50.2 Å². The van der Waals surface area contributed by atoms with Crippen LogP contribution in [0, 0.1) is 11.7 Å². The second kappa shape index (κ2) is 11.5. The standard InChI is InChI=1S/C21H30FN3O2.2ClH/c22-17-7-5-15(6-8-17)20(25-9-11-27-12-10-25)14-23-21(26)19-13-16-3-1-2-4-18(16)24-19;;/h5-8,16,18-20,24H,1-4,9-14H2,(H,23,26);2*1H. The van der Waals surface area contributed by atoms with Gasteiger partial charge in [0.15, 0.2) is 0 Å². The molecule has 0 aromatic heterocycles. The van der Waals surface area contributed by atoms with Gasteiger partial charge in [-0.25, -0.2) is 4.39 Å². The molecule has 4 rings (SSSR count). The van der Waals surface area contributed by atoms with Crippen LogP contribution in [-0.4, -0.2) is 55.7 Å². The van der Waals surface area contributed by atoms with Gasteiger partial charge in [0.25, 0.3) is 0 Å². The van der Waals surface area contributed by atoms with Crippen LogP contribution in [0.4, 0.5) is 4.39 Å². The average Bonchev–Trinajstić information content (AvgIpc) is 3.14. The van der Waals surface area contributed by atoms with E-state index >= 15 is 0 Å². The minimum absolute atomic E-state index is 0. The Hall–Kier alpha value is -0.920. The van der Waals surface area contributed by atoms with Gasteiger partial charge in [0.05, 0.1) is 25.3 Å². The molecule has 2 N–H and O–H groups in total. The summed E-state index contributed by atoms with van der Waals surface area (Å²) in [4.78, 5) is 15.1. The molecule has 1 saturated carbocycles. The van der Waals surface area contributed by atoms with Crippen molar-refractivity contribution in [3.63, 3.8) is 0 Å². The zero-order chi connectivity index (χ0) is 18.6. The Morgan fingerprint density at radius 3 is 2.55 bits per heavy atom. The zero-order valence-electron chi connectivity index (χ0n) is 16.6. The molecule has 1 aromatic carbocycles. The SMILES string of the molecule is Cl.Cl.O=C(NCC(c1ccc(F)cc1)N1CCOCC1)C1CC2CCCCC2N1. The van der Waals surface area contributed by atoms with Crippen molar-refractivity contribution in [2.24, 2.45) is 5.92 Å². The van der Waals surface area contributed by atoms with E-state index in [4.69, 9.17) is 4.74 Å². The molecule has 0 bridgehead atoms. The molecule has 3 aliphatic rings. The first kappa shape index (κ1) is 24.4. The third kappa shape index (κ3) is 6.05. The molecule has 2 aliphatic heterocycles. The summed E-state index contributed by atoms with van der Waals surface area (Å²) in [5.41, 5.74) is 1.03. The molecular formula is C21H32Cl2FN3O2. The van der Waals surface area contributed by atoms with Crippen molar-refractivity contribution in [2.75, 3.05) is 32.8 Å². The molecule has 29 heavy (non-hydrogen) atoms. The Balaban J connectivity index is 0.00000150. The molecule has 1 aliphatic carbocycles. The lowest BCUT2D eigenvalue weighted by Gasteiger charge is -2.35. The number of halogens is 3. The summed E-state index contributed by atoms with van der Waals surface area (Å²) in [6, 6.07) is 7.12. The van der Waals surface area contributed by atoms with Crippen LogP contribution >= 0.6 is 24.8 Å². The summed E-state index contributed by atoms with van der Waals surface area (Å²) in [5, 5.41) is 6.72. The first-order valence-electron chi connectivity index (χ1n) is 10.3. The van der Waals surface area contributed by atoms with Gasteiger partial charge in [0.1, 0.15) is 5.82 Å². The molecule has 4 atom stereocenters. The molecule has 0 spiro atoms. The Bertz CT molecular complexity index is 629. The van der Waals surface area contributed by atoms with Crippen molar-refractivity contribution in [1.29, 1.82) is 0 Å². The van der Waals surface area contributed by atoms with Gasteiger partial charge in [0.2, 0.25) is 5.91 Å². The van der Waals surface area contributed by atoms with Crippen molar-refractivity contribution in [3.8, 4) is 0 Å². The fourth-order valence-corrected chi connectivity index (χ4v) is 4.87. The number of fused-ring (bicyclic) bond motifs is 1. The van der Waals surface area contributed by atoms with Crippen LogP contribution in [0.1, 0.15) is 43.7 Å². The van der Waals surface area contributed by atoms with E-state index in [0.29, 0.717) is 31.7 Å². The molecule has 1 amide bonds. The van der Waals surface area contributed by atoms with Crippen molar-refractivity contribution < 1.29 is 13.9 Å². The number of amides is 1. The topological polar surface area (TPSA) is 53.6 Å². The number of ether oxygens (including phenoxy) is 1. The lowest BCUT2D eigenvalue weighted by atomic mass is 9.85. The van der Waals surface area contributed by atoms with Gasteiger partial charge < -0.3 is 15.4 Å². The summed E-state index contributed by atoms with van der Waals surface area (Å²) in [5.74, 6) is 0.521. The molecular weight excluding hydrogens is 416 g/mol. The number of nitrogens with one attached hydrogen (secondary N) is 2. The first-order valence-corrected chi connectivity index (χ1v) is 10.3. The Morgan fingerprint density at radius 2 is 1.86 bits per heavy atom. The minimum Gasteiger partial charge on any atom is -0.379 e. The first-order chi connectivity index (χ1) is 13.2. The molecule has 164 valence electrons. The molecule has 3 fully saturated rings. The normalized spacial score (nSPS) is 27.8. The van der Waals surface area contributed by atoms with E-state index in [1.54, 1.807) is 0 Å². The number of nitrogens with zero attached hydrogens (tertiary/aromatic N) is 1. The molecule has 2 saturated heterocycles. The number of hydrogen-bond donors (Lipinski definition) is 2. The van der Waals surface area contributed by atoms with E-state index in [9.17, 15) is 9.18 Å². The summed E-state index contributed by atoms with van der Waals surface area (Å²) in [7, 11) is 0. The van der Waals surface area contributed by atoms with Crippen LogP contribution in [0.3, 0.4) is 0 Å². The van der Waals surface area contributed by atoms with Gasteiger partial charge >= 0.3 is 0 Å². The van der Waals surface area contributed by atoms with Crippen LogP contribution in [0.25, 0.3) is 0 Å². The van der Waals surface area contributed by atoms with Crippen LogP contribution in [0.5, 0.6) is 0 Å². The lowest BCUT2D eigenvalue weighted by molar-refractivity contribution is -0.123. The third-order valence-electron chi connectivity index (χ3n) is 6.39. The maximum absolute atomic E-state index is 13.3. The van der Waals surface area contributed by atoms with Crippen molar-refractivity contribution >= 4 is 30.7 Å². The second-order valence-corrected chi connectivity index (χ2v) is 8.07. The predicted octanol–water partition coefficient (Wildman–Crippen LogP) is 3.08. The molecule has 4 unspecified atom stereocenters. The number of rotatable bonds is 5. The van der Waals surface area contributed by atoms with E-state index in [-0.39, 0.29) is 48.6 Å². The Labute approximate surface area is 184 Å². The van der Waals surface area contributed by atoms with E-state index in [1.165, 1.54) is 37.8 Å². The average molecular weight is 448 g/mol. The summed E-state index contributed by atoms with van der Waals surface area (Å²) < 4.78 is 18.8. The number of morpholine rings is 1. The summed E-state index contributed by atoms with van der Waals surface area (Å²) >= 11 is 0. The van der Waals surface area contributed by atoms with Gasteiger partial charge in [-0.3, -0.25) is 9.69 Å². The van der Waals surface area contributed by atoms with E-state index in [0.717, 1.165) is 25.1 Å². The molecule has 8 heteroatoms. The highest BCUT2D eigenvalue weighted by molar-refractivity contribution is 5.85. The van der Waals surface area contributed by atoms with Gasteiger partial charge in [-0.15, -0.1) is 24.8 Å². The maximum Gasteiger partial charge on any atom is 0.237 e. The molecule has 1 aromatic rings. The van der Waals surface area contributed by atoms with E-state index < -0.39 is 0 Å². The van der Waals surface area contributed by atoms with Gasteiger partial charge in [0, 0.05) is 25.7 Å².